The maximum absolute atomic E-state index is 8.52. The molecule has 1 aromatic carbocycles. The number of rotatable bonds is 2. The Morgan fingerprint density at radius 3 is 3.13 bits per heavy atom. The molecular formula is C10H13N3O2. The fourth-order valence-electron chi connectivity index (χ4n) is 1.62. The van der Waals surface area contributed by atoms with Gasteiger partial charge in [0.05, 0.1) is 18.8 Å². The number of nitrogens with two attached hydrogens (primary N) is 1. The fourth-order valence-corrected chi connectivity index (χ4v) is 1.62. The van der Waals surface area contributed by atoms with Gasteiger partial charge in [0.15, 0.2) is 5.84 Å². The van der Waals surface area contributed by atoms with Crippen LogP contribution in [-0.2, 0) is 0 Å². The van der Waals surface area contributed by atoms with Crippen LogP contribution in [0.4, 0.5) is 5.69 Å². The largest absolute Gasteiger partial charge is 0.490 e. The van der Waals surface area contributed by atoms with Crippen molar-refractivity contribution in [2.75, 3.05) is 24.6 Å². The van der Waals surface area contributed by atoms with E-state index in [0.29, 0.717) is 13.2 Å². The summed E-state index contributed by atoms with van der Waals surface area (Å²) in [6.07, 6.45) is 0. The number of ether oxygens (including phenoxy) is 1. The molecule has 1 aliphatic rings. The van der Waals surface area contributed by atoms with Crippen molar-refractivity contribution in [3.8, 4) is 5.75 Å². The van der Waals surface area contributed by atoms with Gasteiger partial charge in [-0.05, 0) is 12.1 Å². The molecule has 0 saturated heterocycles. The summed E-state index contributed by atoms with van der Waals surface area (Å²) in [5, 5.41) is 11.5. The minimum Gasteiger partial charge on any atom is -0.490 e. The molecule has 0 fully saturated rings. The quantitative estimate of drug-likeness (QED) is 0.323. The second-order valence-electron chi connectivity index (χ2n) is 3.33. The smallest absolute Gasteiger partial charge is 0.158 e. The molecule has 0 bridgehead atoms. The standard InChI is InChI=1S/C10H13N3O2/c11-10(12-14)7-13-5-6-15-9-4-2-1-3-8(9)13/h1-4,14H,5-7H2,(H2,11,12). The highest BCUT2D eigenvalue weighted by atomic mass is 16.5. The number of amidine groups is 1. The Bertz CT molecular complexity index is 379. The molecule has 2 rings (SSSR count). The molecule has 5 heteroatoms. The minimum absolute atomic E-state index is 0.201. The zero-order valence-corrected chi connectivity index (χ0v) is 8.26. The molecule has 0 unspecified atom stereocenters. The zero-order valence-electron chi connectivity index (χ0n) is 8.26. The van der Waals surface area contributed by atoms with E-state index in [2.05, 4.69) is 5.16 Å². The van der Waals surface area contributed by atoms with Crippen molar-refractivity contribution in [3.63, 3.8) is 0 Å². The first-order valence-corrected chi connectivity index (χ1v) is 4.74. The van der Waals surface area contributed by atoms with E-state index in [4.69, 9.17) is 15.7 Å². The molecule has 0 radical (unpaired) electrons. The van der Waals surface area contributed by atoms with Gasteiger partial charge in [-0.15, -0.1) is 0 Å². The molecule has 0 saturated carbocycles. The lowest BCUT2D eigenvalue weighted by atomic mass is 10.2. The summed E-state index contributed by atoms with van der Waals surface area (Å²) in [5.74, 6) is 1.04. The highest BCUT2D eigenvalue weighted by Gasteiger charge is 2.17. The van der Waals surface area contributed by atoms with E-state index >= 15 is 0 Å². The molecule has 0 aliphatic carbocycles. The highest BCUT2D eigenvalue weighted by Crippen LogP contribution is 2.30. The summed E-state index contributed by atoms with van der Waals surface area (Å²) in [6, 6.07) is 7.73. The normalized spacial score (nSPS) is 15.7. The number of para-hydroxylation sites is 2. The molecule has 5 nitrogen and oxygen atoms in total. The van der Waals surface area contributed by atoms with Crippen molar-refractivity contribution in [2.24, 2.45) is 10.9 Å². The monoisotopic (exact) mass is 207 g/mol. The molecule has 1 heterocycles. The van der Waals surface area contributed by atoms with Crippen molar-refractivity contribution in [1.29, 1.82) is 0 Å². The number of anilines is 1. The summed E-state index contributed by atoms with van der Waals surface area (Å²) in [6.45, 7) is 1.78. The van der Waals surface area contributed by atoms with E-state index in [-0.39, 0.29) is 5.84 Å². The van der Waals surface area contributed by atoms with Crippen LogP contribution in [0.5, 0.6) is 5.75 Å². The molecule has 0 atom stereocenters. The van der Waals surface area contributed by atoms with Gasteiger partial charge in [0.2, 0.25) is 0 Å². The van der Waals surface area contributed by atoms with Gasteiger partial charge in [-0.1, -0.05) is 17.3 Å². The second kappa shape index (κ2) is 4.08. The van der Waals surface area contributed by atoms with E-state index in [1.54, 1.807) is 0 Å². The van der Waals surface area contributed by atoms with Crippen LogP contribution in [0.15, 0.2) is 29.4 Å². The predicted octanol–water partition coefficient (Wildman–Crippen LogP) is 0.632. The lowest BCUT2D eigenvalue weighted by Gasteiger charge is -2.30. The fraction of sp³-hybridized carbons (Fsp3) is 0.300. The molecule has 0 aromatic heterocycles. The number of nitrogens with zero attached hydrogens (tertiary/aromatic N) is 2. The van der Waals surface area contributed by atoms with Crippen molar-refractivity contribution >= 4 is 11.5 Å². The Morgan fingerprint density at radius 2 is 2.33 bits per heavy atom. The first-order chi connectivity index (χ1) is 7.31. The molecule has 1 aliphatic heterocycles. The molecule has 1 aromatic rings. The summed E-state index contributed by atoms with van der Waals surface area (Å²) < 4.78 is 5.48. The van der Waals surface area contributed by atoms with Gasteiger partial charge in [0.25, 0.3) is 0 Å². The van der Waals surface area contributed by atoms with Crippen molar-refractivity contribution in [2.45, 2.75) is 0 Å². The number of hydrogen-bond acceptors (Lipinski definition) is 4. The van der Waals surface area contributed by atoms with Crippen LogP contribution in [0, 0.1) is 0 Å². The van der Waals surface area contributed by atoms with Crippen molar-refractivity contribution < 1.29 is 9.94 Å². The van der Waals surface area contributed by atoms with Crippen LogP contribution >= 0.6 is 0 Å². The molecule has 0 spiro atoms. The van der Waals surface area contributed by atoms with Crippen LogP contribution in [0.25, 0.3) is 0 Å². The lowest BCUT2D eigenvalue weighted by Crippen LogP contribution is -2.39. The average molecular weight is 207 g/mol. The van der Waals surface area contributed by atoms with Gasteiger partial charge in [-0.3, -0.25) is 0 Å². The molecule has 15 heavy (non-hydrogen) atoms. The molecular weight excluding hydrogens is 194 g/mol. The highest BCUT2D eigenvalue weighted by molar-refractivity contribution is 5.85. The SMILES string of the molecule is N/C(CN1CCOc2ccccc21)=N\O. The summed E-state index contributed by atoms with van der Waals surface area (Å²) in [4.78, 5) is 2.02. The van der Waals surface area contributed by atoms with Crippen LogP contribution in [-0.4, -0.2) is 30.7 Å². The maximum Gasteiger partial charge on any atom is 0.158 e. The summed E-state index contributed by atoms with van der Waals surface area (Å²) >= 11 is 0. The van der Waals surface area contributed by atoms with Gasteiger partial charge in [0, 0.05) is 0 Å². The van der Waals surface area contributed by atoms with Gasteiger partial charge in [-0.2, -0.15) is 0 Å². The minimum atomic E-state index is 0.201. The summed E-state index contributed by atoms with van der Waals surface area (Å²) in [7, 11) is 0. The zero-order chi connectivity index (χ0) is 10.7. The van der Waals surface area contributed by atoms with E-state index in [0.717, 1.165) is 18.0 Å². The summed E-state index contributed by atoms with van der Waals surface area (Å²) in [5.41, 5.74) is 6.46. The Kier molecular flexibility index (Phi) is 2.62. The Morgan fingerprint density at radius 1 is 1.53 bits per heavy atom. The van der Waals surface area contributed by atoms with E-state index < -0.39 is 0 Å². The topological polar surface area (TPSA) is 71.1 Å². The molecule has 3 N–H and O–H groups in total. The number of fused-ring (bicyclic) bond motifs is 1. The van der Waals surface area contributed by atoms with E-state index in [1.165, 1.54) is 0 Å². The van der Waals surface area contributed by atoms with Crippen LogP contribution in [0.2, 0.25) is 0 Å². The first kappa shape index (κ1) is 9.64. The van der Waals surface area contributed by atoms with E-state index in [1.807, 2.05) is 29.2 Å². The van der Waals surface area contributed by atoms with Gasteiger partial charge >= 0.3 is 0 Å². The van der Waals surface area contributed by atoms with Gasteiger partial charge in [-0.25, -0.2) is 0 Å². The van der Waals surface area contributed by atoms with Crippen LogP contribution in [0.1, 0.15) is 0 Å². The van der Waals surface area contributed by atoms with Crippen LogP contribution in [0.3, 0.4) is 0 Å². The predicted molar refractivity (Wildman–Crippen MR) is 57.6 cm³/mol. The number of benzene rings is 1. The number of hydrogen-bond donors (Lipinski definition) is 2. The maximum atomic E-state index is 8.52. The van der Waals surface area contributed by atoms with E-state index in [9.17, 15) is 0 Å². The first-order valence-electron chi connectivity index (χ1n) is 4.74. The third kappa shape index (κ3) is 1.96. The van der Waals surface area contributed by atoms with Crippen LogP contribution < -0.4 is 15.4 Å². The number of oxime groups is 1. The molecule has 0 amide bonds. The second-order valence-corrected chi connectivity index (χ2v) is 3.33. The van der Waals surface area contributed by atoms with Crippen molar-refractivity contribution in [3.05, 3.63) is 24.3 Å². The van der Waals surface area contributed by atoms with Gasteiger partial charge in [0.1, 0.15) is 12.4 Å². The van der Waals surface area contributed by atoms with Gasteiger partial charge < -0.3 is 20.6 Å². The Balaban J connectivity index is 2.22. The van der Waals surface area contributed by atoms with Crippen molar-refractivity contribution in [1.82, 2.24) is 0 Å². The Labute approximate surface area is 87.7 Å². The third-order valence-electron chi connectivity index (χ3n) is 2.31. The third-order valence-corrected chi connectivity index (χ3v) is 2.31. The average Bonchev–Trinajstić information content (AvgIpc) is 2.29. The Hall–Kier alpha value is -1.91. The lowest BCUT2D eigenvalue weighted by molar-refractivity contribution is 0.306. The molecule has 80 valence electrons.